The Morgan fingerprint density at radius 2 is 0.394 bits per heavy atom. The number of carbonyl (C=O) groups excluding carboxylic acids is 1. The average molecular weight is 803 g/mol. The maximum atomic E-state index is 16.2. The van der Waals surface area contributed by atoms with E-state index in [0.29, 0.717) is 12.2 Å². The number of rotatable bonds is 0. The first kappa shape index (κ1) is 23.7. The SMILES string of the molecule is C[C@@]12CC(=O)[C@H]3c4c1c1c5c6c2c2c7c3c3c8c4c4c1c1c9c5c5c%10c6c6c2c2c7c7c3c3c%11c8c8c4c1c1c4c8c%11c8c%11c3c7c3c2c2c6c%10c6c7c5c9c1c1c4c8c4c%11c3c2c6c4c71. The van der Waals surface area contributed by atoms with Crippen LogP contribution in [0.3, 0.4) is 0 Å². The third-order valence-electron chi connectivity index (χ3n) is 24.6. The van der Waals surface area contributed by atoms with E-state index >= 15 is 4.79 Å². The lowest BCUT2D eigenvalue weighted by Crippen LogP contribution is -2.40. The predicted octanol–water partition coefficient (Wildman–Crippen LogP) is 17.7. The van der Waals surface area contributed by atoms with Crippen molar-refractivity contribution in [2.24, 2.45) is 0 Å². The molecule has 0 saturated carbocycles. The maximum Gasteiger partial charge on any atom is 0.146 e. The molecule has 29 aromatic rings. The molecule has 66 heavy (non-hydrogen) atoms. The van der Waals surface area contributed by atoms with Crippen molar-refractivity contribution in [3.8, 4) is 0 Å². The molecule has 0 fully saturated rings. The van der Waals surface area contributed by atoms with Gasteiger partial charge < -0.3 is 0 Å². The fraction of sp³-hybridized carbons (Fsp3) is 0.0615. The van der Waals surface area contributed by atoms with E-state index in [-0.39, 0.29) is 5.92 Å². The van der Waals surface area contributed by atoms with Gasteiger partial charge >= 0.3 is 0 Å². The number of Topliss-reactive ketones (excluding diaryl/α,β-unsaturated/α-hetero) is 1. The van der Waals surface area contributed by atoms with Gasteiger partial charge in [-0.1, -0.05) is 6.92 Å². The van der Waals surface area contributed by atoms with Gasteiger partial charge in [-0.2, -0.15) is 0 Å². The number of carbonyl (C=O) groups is 1. The number of hydrogen-bond donors (Lipinski definition) is 0. The van der Waals surface area contributed by atoms with Crippen molar-refractivity contribution in [2.45, 2.75) is 24.7 Å². The molecule has 3 aliphatic rings. The van der Waals surface area contributed by atoms with Crippen molar-refractivity contribution in [3.05, 3.63) is 22.3 Å². The van der Waals surface area contributed by atoms with Gasteiger partial charge in [0.25, 0.3) is 0 Å². The Hall–Kier alpha value is -8.13. The van der Waals surface area contributed by atoms with Crippen LogP contribution in [0.1, 0.15) is 41.5 Å². The Labute approximate surface area is 357 Å². The summed E-state index contributed by atoms with van der Waals surface area (Å²) in [4.78, 5) is 16.2. The van der Waals surface area contributed by atoms with Crippen LogP contribution in [0.15, 0.2) is 0 Å². The first-order valence-electron chi connectivity index (χ1n) is 24.8. The van der Waals surface area contributed by atoms with Gasteiger partial charge in [-0.05, 0) is 324 Å². The number of ketones is 1. The highest BCUT2D eigenvalue weighted by atomic mass is 16.1. The molecular formula is C65H6O. The number of hydrogen-bond acceptors (Lipinski definition) is 1. The van der Waals surface area contributed by atoms with Crippen molar-refractivity contribution in [3.63, 3.8) is 0 Å². The summed E-state index contributed by atoms with van der Waals surface area (Å²) in [6.07, 6.45) is 0.604. The quantitative estimate of drug-likeness (QED) is 0.140. The van der Waals surface area contributed by atoms with Crippen molar-refractivity contribution >= 4 is 307 Å². The number of benzene rings is 19. The standard InChI is InChI=1S/C65H6O/c1-65-2-3(66)4-5-6-7-8-9-10-13-11-12-14(10)22-24-21-16(12)18-17-15(11)20-23-19(13)27(8)37-34(23)41-39-28(20)25(17)32-33-26(18)29(21)40-42-35(24)38-31(22)30(9)36(7)48-49(38)55-52(42)57-47(40)44(33)50-43(32)46(39)56-51(41)54(45(6)37)59(4)63(65)61(56)58(50)62(57)64(65)60(55)53(5)48/h4H,2H2,1H3/t4-,65-/m1/s1. The molecule has 2 atom stereocenters. The van der Waals surface area contributed by atoms with E-state index in [2.05, 4.69) is 6.92 Å². The van der Waals surface area contributed by atoms with Gasteiger partial charge in [-0.25, -0.2) is 0 Å². The highest BCUT2D eigenvalue weighted by Crippen LogP contribution is 2.81. The second-order valence-corrected chi connectivity index (χ2v) is 25.0. The van der Waals surface area contributed by atoms with Crippen LogP contribution >= 0.6 is 0 Å². The van der Waals surface area contributed by atoms with Crippen molar-refractivity contribution in [1.82, 2.24) is 0 Å². The third kappa shape index (κ3) is 1.21. The van der Waals surface area contributed by atoms with Gasteiger partial charge in [0.05, 0.1) is 5.92 Å². The largest absolute Gasteiger partial charge is 0.299 e. The van der Waals surface area contributed by atoms with E-state index < -0.39 is 5.41 Å². The molecule has 1 nitrogen and oxygen atoms in total. The summed E-state index contributed by atoms with van der Waals surface area (Å²) < 4.78 is 0. The van der Waals surface area contributed by atoms with Gasteiger partial charge in [-0.15, -0.1) is 0 Å². The molecule has 0 bridgehead atoms. The molecular weight excluding hydrogens is 797 g/mol. The lowest BCUT2D eigenvalue weighted by molar-refractivity contribution is -0.121. The summed E-state index contributed by atoms with van der Waals surface area (Å²) in [5, 5.41) is 89.5. The van der Waals surface area contributed by atoms with Crippen molar-refractivity contribution in [2.75, 3.05) is 0 Å². The highest BCUT2D eigenvalue weighted by Gasteiger charge is 2.58. The van der Waals surface area contributed by atoms with Crippen LogP contribution in [-0.4, -0.2) is 5.78 Å². The smallest absolute Gasteiger partial charge is 0.146 e. The normalized spacial score (nSPS) is 21.9. The Balaban J connectivity index is 1.30. The molecule has 0 amide bonds. The molecule has 3 aliphatic carbocycles. The first-order chi connectivity index (χ1) is 32.7. The van der Waals surface area contributed by atoms with Gasteiger partial charge in [0.1, 0.15) is 5.78 Å². The molecule has 32 rings (SSSR count). The van der Waals surface area contributed by atoms with Crippen LogP contribution in [0, 0.1) is 0 Å². The molecule has 0 N–H and O–H groups in total. The second-order valence-electron chi connectivity index (χ2n) is 25.0. The molecule has 0 saturated heterocycles. The van der Waals surface area contributed by atoms with Crippen molar-refractivity contribution in [1.29, 1.82) is 0 Å². The van der Waals surface area contributed by atoms with Gasteiger partial charge in [0.2, 0.25) is 0 Å². The van der Waals surface area contributed by atoms with Gasteiger partial charge in [-0.3, -0.25) is 4.79 Å². The third-order valence-corrected chi connectivity index (χ3v) is 24.6. The molecule has 1 heteroatoms. The molecule has 0 radical (unpaired) electrons. The van der Waals surface area contributed by atoms with E-state index in [1.807, 2.05) is 0 Å². The first-order valence-corrected chi connectivity index (χ1v) is 24.8. The molecule has 0 spiro atoms. The van der Waals surface area contributed by atoms with Gasteiger partial charge in [0.15, 0.2) is 0 Å². The Kier molecular flexibility index (Phi) is 1.86. The summed E-state index contributed by atoms with van der Waals surface area (Å²) >= 11 is 0. The van der Waals surface area contributed by atoms with Crippen LogP contribution in [0.2, 0.25) is 0 Å². The minimum atomic E-state index is -0.421. The summed E-state index contributed by atoms with van der Waals surface area (Å²) in [6.45, 7) is 2.60. The fourth-order valence-electron chi connectivity index (χ4n) is 24.5. The van der Waals surface area contributed by atoms with E-state index in [9.17, 15) is 0 Å². The van der Waals surface area contributed by atoms with E-state index in [1.165, 1.54) is 27.3 Å². The maximum absolute atomic E-state index is 16.2. The number of fused-ring (bicyclic) bond motifs is 5. The lowest BCUT2D eigenvalue weighted by atomic mass is 9.54. The average Bonchev–Trinajstić information content (AvgIpc) is 4.18. The van der Waals surface area contributed by atoms with Crippen LogP contribution in [0.25, 0.3) is 302 Å². The summed E-state index contributed by atoms with van der Waals surface area (Å²) in [6, 6.07) is 0. The van der Waals surface area contributed by atoms with E-state index in [4.69, 9.17) is 0 Å². The topological polar surface area (TPSA) is 17.1 Å². The van der Waals surface area contributed by atoms with Crippen LogP contribution in [0.4, 0.5) is 0 Å². The van der Waals surface area contributed by atoms with Crippen LogP contribution < -0.4 is 0 Å². The van der Waals surface area contributed by atoms with Crippen molar-refractivity contribution < 1.29 is 4.79 Å². The predicted molar refractivity (Wildman–Crippen MR) is 279 cm³/mol. The van der Waals surface area contributed by atoms with Crippen LogP contribution in [0.5, 0.6) is 0 Å². The molecule has 0 heterocycles. The summed E-state index contributed by atoms with van der Waals surface area (Å²) in [5.41, 5.74) is 5.59. The Morgan fingerprint density at radius 3 is 0.682 bits per heavy atom. The molecule has 0 aliphatic heterocycles. The zero-order chi connectivity index (χ0) is 39.0. The minimum absolute atomic E-state index is 0.228. The highest BCUT2D eigenvalue weighted by molar-refractivity contribution is 6.82. The zero-order valence-electron chi connectivity index (χ0n) is 33.7. The van der Waals surface area contributed by atoms with E-state index in [0.717, 1.165) is 0 Å². The minimum Gasteiger partial charge on any atom is -0.299 e. The molecule has 0 aromatic heterocycles. The Morgan fingerprint density at radius 1 is 0.227 bits per heavy atom. The lowest BCUT2D eigenvalue weighted by Gasteiger charge is -2.47. The zero-order valence-corrected chi connectivity index (χ0v) is 33.7. The summed E-state index contributed by atoms with van der Waals surface area (Å²) in [5.74, 6) is 0.256. The molecule has 29 aromatic carbocycles. The second kappa shape index (κ2) is 5.19. The fourth-order valence-corrected chi connectivity index (χ4v) is 24.5. The summed E-state index contributed by atoms with van der Waals surface area (Å²) in [7, 11) is 0. The molecule has 0 unspecified atom stereocenters. The van der Waals surface area contributed by atoms with E-state index in [1.54, 1.807) is 297 Å². The monoisotopic (exact) mass is 802 g/mol. The van der Waals surface area contributed by atoms with Crippen LogP contribution in [-0.2, 0) is 10.2 Å². The Bertz CT molecular complexity index is 7450. The molecule has 272 valence electrons. The van der Waals surface area contributed by atoms with Gasteiger partial charge in [0, 0.05) is 11.8 Å².